The maximum atomic E-state index is 12.3. The third-order valence-electron chi connectivity index (χ3n) is 4.58. The van der Waals surface area contributed by atoms with Crippen molar-refractivity contribution >= 4 is 25.2 Å². The van der Waals surface area contributed by atoms with Gasteiger partial charge in [-0.25, -0.2) is 0 Å². The number of rotatable bonds is 3. The van der Waals surface area contributed by atoms with Crippen LogP contribution in [-0.2, 0) is 0 Å². The predicted octanol–water partition coefficient (Wildman–Crippen LogP) is 3.11. The van der Waals surface area contributed by atoms with E-state index < -0.39 is 0 Å². The van der Waals surface area contributed by atoms with Crippen LogP contribution in [0.4, 0.5) is 10.5 Å². The third-order valence-corrected chi connectivity index (χ3v) is 4.58. The van der Waals surface area contributed by atoms with E-state index >= 15 is 0 Å². The lowest BCUT2D eigenvalue weighted by Crippen LogP contribution is -2.37. The number of amides is 2. The summed E-state index contributed by atoms with van der Waals surface area (Å²) >= 11 is 0. The normalized spacial score (nSPS) is 15.0. The smallest absolute Gasteiger partial charge is 0.255 e. The molecule has 3 rings (SSSR count). The maximum absolute atomic E-state index is 12.3. The number of nitrogens with zero attached hydrogens (tertiary/aromatic N) is 1. The summed E-state index contributed by atoms with van der Waals surface area (Å²) in [4.78, 5) is 25.1. The van der Waals surface area contributed by atoms with Gasteiger partial charge in [-0.2, -0.15) is 0 Å². The number of piperidine rings is 1. The molecule has 1 aliphatic rings. The summed E-state index contributed by atoms with van der Waals surface area (Å²) in [5.41, 5.74) is 2.38. The summed E-state index contributed by atoms with van der Waals surface area (Å²) in [6, 6.07) is 13.9. The van der Waals surface area contributed by atoms with Crippen LogP contribution in [-0.4, -0.2) is 42.7 Å². The van der Waals surface area contributed by atoms with Crippen LogP contribution in [0.5, 0.6) is 5.75 Å². The van der Waals surface area contributed by atoms with Crippen LogP contribution in [0.25, 0.3) is 0 Å². The van der Waals surface area contributed by atoms with Gasteiger partial charge in [0.2, 0.25) is 7.85 Å². The number of hydrogen-bond acceptors (Lipinski definition) is 3. The van der Waals surface area contributed by atoms with Crippen LogP contribution in [0.3, 0.4) is 0 Å². The summed E-state index contributed by atoms with van der Waals surface area (Å²) in [5.74, 6) is -0.0185. The molecule has 6 heteroatoms. The molecule has 0 unspecified atom stereocenters. The van der Waals surface area contributed by atoms with Crippen molar-refractivity contribution in [1.82, 2.24) is 4.90 Å². The van der Waals surface area contributed by atoms with Crippen LogP contribution in [0.1, 0.15) is 34.7 Å². The van der Waals surface area contributed by atoms with Gasteiger partial charge in [-0.15, -0.1) is 0 Å². The van der Waals surface area contributed by atoms with Crippen molar-refractivity contribution in [3.05, 3.63) is 59.7 Å². The van der Waals surface area contributed by atoms with Crippen molar-refractivity contribution < 1.29 is 14.7 Å². The Balaban J connectivity index is 1.61. The highest BCUT2D eigenvalue weighted by Crippen LogP contribution is 2.28. The minimum atomic E-state index is -0.361. The summed E-state index contributed by atoms with van der Waals surface area (Å²) in [7, 11) is 5.30. The van der Waals surface area contributed by atoms with E-state index in [0.29, 0.717) is 30.3 Å². The van der Waals surface area contributed by atoms with E-state index in [1.807, 2.05) is 24.3 Å². The molecule has 2 aromatic carbocycles. The first-order valence-corrected chi connectivity index (χ1v) is 8.27. The predicted molar refractivity (Wildman–Crippen MR) is 97.2 cm³/mol. The Morgan fingerprint density at radius 3 is 2.16 bits per heavy atom. The highest BCUT2D eigenvalue weighted by molar-refractivity contribution is 6.56. The SMILES string of the molecule is [B]C(=O)N1CCC(c2ccc(C(=O)Nc3ccc(O)cc3)cc2)CC1. The van der Waals surface area contributed by atoms with Crippen LogP contribution in [0.2, 0.25) is 0 Å². The molecule has 2 radical (unpaired) electrons. The molecule has 0 atom stereocenters. The standard InChI is InChI=1S/C19H19BN2O3/c20-19(25)22-11-9-14(10-12-22)13-1-3-15(4-2-13)18(24)21-16-5-7-17(23)8-6-16/h1-8,14,23H,9-12H2,(H,21,24). The van der Waals surface area contributed by atoms with Gasteiger partial charge in [-0.3, -0.25) is 9.59 Å². The van der Waals surface area contributed by atoms with Crippen molar-refractivity contribution in [2.24, 2.45) is 0 Å². The average Bonchev–Trinajstić information content (AvgIpc) is 2.64. The first-order valence-electron chi connectivity index (χ1n) is 8.27. The summed E-state index contributed by atoms with van der Waals surface area (Å²) in [5, 5.41) is 12.1. The number of nitrogens with one attached hydrogen (secondary N) is 1. The number of benzene rings is 2. The molecule has 2 amide bonds. The van der Waals surface area contributed by atoms with E-state index in [9.17, 15) is 14.7 Å². The first kappa shape index (κ1) is 17.1. The first-order chi connectivity index (χ1) is 12.0. The summed E-state index contributed by atoms with van der Waals surface area (Å²) < 4.78 is 0. The van der Waals surface area contributed by atoms with Gasteiger partial charge in [0.25, 0.3) is 5.91 Å². The molecule has 2 N–H and O–H groups in total. The van der Waals surface area contributed by atoms with Crippen molar-refractivity contribution in [3.63, 3.8) is 0 Å². The Morgan fingerprint density at radius 2 is 1.60 bits per heavy atom. The van der Waals surface area contributed by atoms with Gasteiger partial charge in [0.15, 0.2) is 5.81 Å². The number of phenols is 1. The zero-order chi connectivity index (χ0) is 17.8. The number of carbonyl (C=O) groups excluding carboxylic acids is 2. The van der Waals surface area contributed by atoms with Gasteiger partial charge in [-0.05, 0) is 60.7 Å². The summed E-state index contributed by atoms with van der Waals surface area (Å²) in [6.07, 6.45) is 1.75. The number of aromatic hydroxyl groups is 1. The Kier molecular flexibility index (Phi) is 5.07. The minimum absolute atomic E-state index is 0.157. The minimum Gasteiger partial charge on any atom is -0.508 e. The molecule has 1 saturated heterocycles. The molecule has 0 spiro atoms. The quantitative estimate of drug-likeness (QED) is 0.669. The molecule has 0 saturated carbocycles. The van der Waals surface area contributed by atoms with Crippen molar-refractivity contribution in [2.75, 3.05) is 18.4 Å². The maximum Gasteiger partial charge on any atom is 0.255 e. The Bertz CT molecular complexity index is 751. The molecule has 1 aliphatic heterocycles. The van der Waals surface area contributed by atoms with Gasteiger partial charge in [0.1, 0.15) is 5.75 Å². The second-order valence-corrected chi connectivity index (χ2v) is 6.22. The molecule has 126 valence electrons. The Labute approximate surface area is 148 Å². The monoisotopic (exact) mass is 334 g/mol. The van der Waals surface area contributed by atoms with Crippen molar-refractivity contribution in [3.8, 4) is 5.75 Å². The molecule has 0 aromatic heterocycles. The Morgan fingerprint density at radius 1 is 1.00 bits per heavy atom. The highest BCUT2D eigenvalue weighted by Gasteiger charge is 2.21. The van der Waals surface area contributed by atoms with E-state index in [0.717, 1.165) is 12.8 Å². The van der Waals surface area contributed by atoms with Crippen molar-refractivity contribution in [1.29, 1.82) is 0 Å². The topological polar surface area (TPSA) is 69.6 Å². The molecule has 2 aromatic rings. The number of phenolic OH excluding ortho intramolecular Hbond substituents is 1. The number of likely N-dealkylation sites (tertiary alicyclic amines) is 1. The fourth-order valence-corrected chi connectivity index (χ4v) is 3.09. The lowest BCUT2D eigenvalue weighted by molar-refractivity contribution is 0.102. The fourth-order valence-electron chi connectivity index (χ4n) is 3.09. The van der Waals surface area contributed by atoms with Gasteiger partial charge in [0.05, 0.1) is 0 Å². The number of hydrogen-bond donors (Lipinski definition) is 2. The lowest BCUT2D eigenvalue weighted by atomic mass is 9.88. The van der Waals surface area contributed by atoms with E-state index in [4.69, 9.17) is 7.85 Å². The molecule has 0 bridgehead atoms. The van der Waals surface area contributed by atoms with Gasteiger partial charge in [0, 0.05) is 24.3 Å². The molecule has 1 heterocycles. The van der Waals surface area contributed by atoms with Crippen LogP contribution in [0, 0.1) is 0 Å². The zero-order valence-electron chi connectivity index (χ0n) is 13.8. The fraction of sp³-hybridized carbons (Fsp3) is 0.263. The second-order valence-electron chi connectivity index (χ2n) is 6.22. The van der Waals surface area contributed by atoms with E-state index in [2.05, 4.69) is 5.32 Å². The van der Waals surface area contributed by atoms with Crippen LogP contribution in [0.15, 0.2) is 48.5 Å². The average molecular weight is 334 g/mol. The zero-order valence-corrected chi connectivity index (χ0v) is 13.8. The third kappa shape index (κ3) is 4.21. The lowest BCUT2D eigenvalue weighted by Gasteiger charge is -2.32. The largest absolute Gasteiger partial charge is 0.508 e. The molecule has 1 fully saturated rings. The molecular weight excluding hydrogens is 315 g/mol. The van der Waals surface area contributed by atoms with E-state index in [1.165, 1.54) is 17.7 Å². The van der Waals surface area contributed by atoms with Gasteiger partial charge < -0.3 is 15.3 Å². The Hall–Kier alpha value is -2.76. The molecule has 0 aliphatic carbocycles. The molecular formula is C19H19BN2O3. The second kappa shape index (κ2) is 7.42. The number of carbonyl (C=O) groups is 2. The van der Waals surface area contributed by atoms with E-state index in [-0.39, 0.29) is 17.5 Å². The summed E-state index contributed by atoms with van der Waals surface area (Å²) in [6.45, 7) is 1.34. The van der Waals surface area contributed by atoms with Crippen molar-refractivity contribution in [2.45, 2.75) is 18.8 Å². The van der Waals surface area contributed by atoms with E-state index in [1.54, 1.807) is 17.0 Å². The van der Waals surface area contributed by atoms with Gasteiger partial charge >= 0.3 is 0 Å². The molecule has 5 nitrogen and oxygen atoms in total. The number of anilines is 1. The molecule has 25 heavy (non-hydrogen) atoms. The van der Waals surface area contributed by atoms with Gasteiger partial charge in [-0.1, -0.05) is 12.1 Å². The highest BCUT2D eigenvalue weighted by atomic mass is 16.3. The van der Waals surface area contributed by atoms with Crippen LogP contribution < -0.4 is 5.32 Å². The van der Waals surface area contributed by atoms with Crippen LogP contribution >= 0.6 is 0 Å².